The molecular formula is C26H18ClN3O4. The Morgan fingerprint density at radius 2 is 1.88 bits per heavy atom. The van der Waals surface area contributed by atoms with E-state index in [-0.39, 0.29) is 23.1 Å². The zero-order valence-electron chi connectivity index (χ0n) is 18.3. The summed E-state index contributed by atoms with van der Waals surface area (Å²) in [5.74, 6) is -0.971. The second-order valence-electron chi connectivity index (χ2n) is 8.28. The van der Waals surface area contributed by atoms with Crippen molar-refractivity contribution < 1.29 is 19.1 Å². The van der Waals surface area contributed by atoms with Gasteiger partial charge in [0.05, 0.1) is 24.1 Å². The molecule has 1 unspecified atom stereocenters. The number of aryl methyl sites for hydroxylation is 1. The third-order valence-electron chi connectivity index (χ3n) is 6.56. The number of ether oxygens (including phenoxy) is 2. The highest BCUT2D eigenvalue weighted by atomic mass is 35.5. The number of esters is 1. The minimum absolute atomic E-state index is 0.0510. The van der Waals surface area contributed by atoms with Gasteiger partial charge in [0, 0.05) is 10.6 Å². The van der Waals surface area contributed by atoms with Crippen LogP contribution in [0.2, 0.25) is 5.02 Å². The largest absolute Gasteiger partial charge is 0.465 e. The van der Waals surface area contributed by atoms with Crippen LogP contribution in [0.15, 0.2) is 72.1 Å². The van der Waals surface area contributed by atoms with Gasteiger partial charge in [-0.2, -0.15) is 5.10 Å². The van der Waals surface area contributed by atoms with E-state index in [4.69, 9.17) is 26.8 Å². The van der Waals surface area contributed by atoms with Gasteiger partial charge in [-0.05, 0) is 41.5 Å². The van der Waals surface area contributed by atoms with E-state index >= 15 is 0 Å². The van der Waals surface area contributed by atoms with E-state index in [2.05, 4.69) is 5.10 Å². The van der Waals surface area contributed by atoms with Crippen LogP contribution in [0, 0.1) is 6.92 Å². The van der Waals surface area contributed by atoms with Crippen LogP contribution in [0.4, 0.5) is 0 Å². The van der Waals surface area contributed by atoms with E-state index in [1.54, 1.807) is 35.9 Å². The first kappa shape index (κ1) is 20.5. The number of aromatic nitrogens is 2. The van der Waals surface area contributed by atoms with E-state index < -0.39 is 11.4 Å². The average molecular weight is 472 g/mol. The standard InChI is InChI=1S/C26H18ClN3O4/c1-13-20-24(30(29-13)16-9-5-8-15(27)12-16)34-23(28)21(25(32)33-2)26(20)18-11-4-7-14-6-3-10-17(19(14)18)22(26)31/h3-12H,28H2,1-2H3. The highest BCUT2D eigenvalue weighted by molar-refractivity contribution is 6.30. The molecule has 34 heavy (non-hydrogen) atoms. The van der Waals surface area contributed by atoms with Crippen LogP contribution in [0.1, 0.15) is 27.2 Å². The molecule has 2 heterocycles. The Balaban J connectivity index is 1.77. The number of Topliss-reactive ketones (excluding diaryl/α,β-unsaturated/α-hetero) is 1. The molecule has 3 aromatic carbocycles. The van der Waals surface area contributed by atoms with Gasteiger partial charge in [-0.15, -0.1) is 0 Å². The molecule has 0 fully saturated rings. The van der Waals surface area contributed by atoms with Crippen molar-refractivity contribution in [3.8, 4) is 11.6 Å². The lowest BCUT2D eigenvalue weighted by Gasteiger charge is -2.35. The summed E-state index contributed by atoms with van der Waals surface area (Å²) in [5.41, 5.74) is 7.51. The van der Waals surface area contributed by atoms with Gasteiger partial charge in [-0.1, -0.05) is 54.1 Å². The molecule has 1 spiro atoms. The highest BCUT2D eigenvalue weighted by Gasteiger charge is 2.60. The molecule has 4 aromatic rings. The predicted molar refractivity (Wildman–Crippen MR) is 126 cm³/mol. The van der Waals surface area contributed by atoms with Gasteiger partial charge in [0.1, 0.15) is 11.0 Å². The van der Waals surface area contributed by atoms with Gasteiger partial charge in [-0.3, -0.25) is 4.79 Å². The third-order valence-corrected chi connectivity index (χ3v) is 6.79. The number of carbonyl (C=O) groups excluding carboxylic acids is 2. The normalized spacial score (nSPS) is 18.4. The average Bonchev–Trinajstić information content (AvgIpc) is 3.28. The SMILES string of the molecule is COC(=O)C1=C(N)Oc2c(c(C)nn2-c2cccc(Cl)c2)C12C(=O)c1cccc3cccc2c13. The van der Waals surface area contributed by atoms with E-state index in [0.717, 1.165) is 10.8 Å². The maximum atomic E-state index is 14.3. The molecule has 1 aliphatic heterocycles. The van der Waals surface area contributed by atoms with Crippen molar-refractivity contribution in [1.29, 1.82) is 0 Å². The van der Waals surface area contributed by atoms with Crippen LogP contribution < -0.4 is 10.5 Å². The Kier molecular flexibility index (Phi) is 4.19. The summed E-state index contributed by atoms with van der Waals surface area (Å²) < 4.78 is 12.7. The Bertz CT molecular complexity index is 1600. The maximum Gasteiger partial charge on any atom is 0.340 e. The van der Waals surface area contributed by atoms with Gasteiger partial charge in [0.25, 0.3) is 0 Å². The number of ketones is 1. The van der Waals surface area contributed by atoms with Gasteiger partial charge in [0.15, 0.2) is 5.78 Å². The zero-order chi connectivity index (χ0) is 23.8. The first-order valence-electron chi connectivity index (χ1n) is 10.6. The summed E-state index contributed by atoms with van der Waals surface area (Å²) in [7, 11) is 1.25. The lowest BCUT2D eigenvalue weighted by atomic mass is 9.67. The Hall–Kier alpha value is -4.10. The molecule has 6 rings (SSSR count). The molecule has 0 radical (unpaired) electrons. The molecule has 7 nitrogen and oxygen atoms in total. The molecular weight excluding hydrogens is 454 g/mol. The number of fused-ring (bicyclic) bond motifs is 3. The molecule has 2 aliphatic rings. The monoisotopic (exact) mass is 471 g/mol. The summed E-state index contributed by atoms with van der Waals surface area (Å²) >= 11 is 6.22. The van der Waals surface area contributed by atoms with Crippen molar-refractivity contribution in [3.63, 3.8) is 0 Å². The minimum Gasteiger partial charge on any atom is -0.465 e. The predicted octanol–water partition coefficient (Wildman–Crippen LogP) is 4.21. The smallest absolute Gasteiger partial charge is 0.340 e. The summed E-state index contributed by atoms with van der Waals surface area (Å²) in [5, 5.41) is 6.85. The summed E-state index contributed by atoms with van der Waals surface area (Å²) in [6.07, 6.45) is 0. The quantitative estimate of drug-likeness (QED) is 0.440. The Morgan fingerprint density at radius 3 is 2.62 bits per heavy atom. The highest BCUT2D eigenvalue weighted by Crippen LogP contribution is 2.56. The van der Waals surface area contributed by atoms with E-state index in [0.29, 0.717) is 33.1 Å². The van der Waals surface area contributed by atoms with Crippen LogP contribution in [0.25, 0.3) is 16.5 Å². The third kappa shape index (κ3) is 2.39. The van der Waals surface area contributed by atoms with E-state index in [1.807, 2.05) is 36.4 Å². The van der Waals surface area contributed by atoms with Crippen LogP contribution in [-0.4, -0.2) is 28.6 Å². The summed E-state index contributed by atoms with van der Waals surface area (Å²) in [6.45, 7) is 1.78. The molecule has 0 bridgehead atoms. The zero-order valence-corrected chi connectivity index (χ0v) is 19.0. The lowest BCUT2D eigenvalue weighted by Crippen LogP contribution is -2.45. The van der Waals surface area contributed by atoms with Crippen LogP contribution >= 0.6 is 11.6 Å². The second-order valence-corrected chi connectivity index (χ2v) is 8.71. The van der Waals surface area contributed by atoms with E-state index in [9.17, 15) is 9.59 Å². The number of rotatable bonds is 2. The van der Waals surface area contributed by atoms with Gasteiger partial charge in [0.2, 0.25) is 11.8 Å². The van der Waals surface area contributed by atoms with Crippen LogP contribution in [0.5, 0.6) is 5.88 Å². The fourth-order valence-electron chi connectivity index (χ4n) is 5.30. The van der Waals surface area contributed by atoms with Gasteiger partial charge >= 0.3 is 5.97 Å². The Labute approximate surface area is 199 Å². The molecule has 1 aromatic heterocycles. The first-order chi connectivity index (χ1) is 16.4. The van der Waals surface area contributed by atoms with E-state index in [1.165, 1.54) is 7.11 Å². The number of nitrogens with two attached hydrogens (primary N) is 1. The van der Waals surface area contributed by atoms with Crippen LogP contribution in [0.3, 0.4) is 0 Å². The minimum atomic E-state index is -1.56. The number of hydrogen-bond acceptors (Lipinski definition) is 6. The molecule has 2 N–H and O–H groups in total. The topological polar surface area (TPSA) is 96.4 Å². The van der Waals surface area contributed by atoms with Crippen molar-refractivity contribution >= 4 is 34.1 Å². The number of methoxy groups -OCH3 is 1. The number of hydrogen-bond donors (Lipinski definition) is 1. The van der Waals surface area contributed by atoms with Gasteiger partial charge < -0.3 is 15.2 Å². The van der Waals surface area contributed by atoms with Crippen molar-refractivity contribution in [2.75, 3.05) is 7.11 Å². The number of nitrogens with zero attached hydrogens (tertiary/aromatic N) is 2. The van der Waals surface area contributed by atoms with Crippen molar-refractivity contribution in [3.05, 3.63) is 99.5 Å². The second kappa shape index (κ2) is 6.95. The summed E-state index contributed by atoms with van der Waals surface area (Å²) in [6, 6.07) is 18.2. The van der Waals surface area contributed by atoms with Crippen molar-refractivity contribution in [2.24, 2.45) is 5.73 Å². The van der Waals surface area contributed by atoms with Gasteiger partial charge in [-0.25, -0.2) is 9.48 Å². The number of halogens is 1. The maximum absolute atomic E-state index is 14.3. The number of benzene rings is 3. The molecule has 0 saturated heterocycles. The lowest BCUT2D eigenvalue weighted by molar-refractivity contribution is -0.137. The molecule has 0 amide bonds. The van der Waals surface area contributed by atoms with Crippen molar-refractivity contribution in [1.82, 2.24) is 9.78 Å². The van der Waals surface area contributed by atoms with Crippen LogP contribution in [-0.2, 0) is 14.9 Å². The molecule has 8 heteroatoms. The molecule has 0 saturated carbocycles. The fraction of sp³-hybridized carbons (Fsp3) is 0.115. The number of carbonyl (C=O) groups is 2. The van der Waals surface area contributed by atoms with Crippen molar-refractivity contribution in [2.45, 2.75) is 12.3 Å². The molecule has 168 valence electrons. The first-order valence-corrected chi connectivity index (χ1v) is 11.0. The molecule has 1 atom stereocenters. The Morgan fingerprint density at radius 1 is 1.15 bits per heavy atom. The fourth-order valence-corrected chi connectivity index (χ4v) is 5.48. The molecule has 1 aliphatic carbocycles. The summed E-state index contributed by atoms with van der Waals surface area (Å²) in [4.78, 5) is 27.5.